The van der Waals surface area contributed by atoms with Crippen molar-refractivity contribution in [3.8, 4) is 6.07 Å². The number of ether oxygens (including phenoxy) is 8. The molecule has 0 aromatic carbocycles. The van der Waals surface area contributed by atoms with Crippen LogP contribution in [-0.2, 0) is 71.5 Å². The smallest absolute Gasteiger partial charge is 0.411 e. The van der Waals surface area contributed by atoms with Crippen LogP contribution in [0.2, 0.25) is 0 Å². The fourth-order valence-corrected chi connectivity index (χ4v) is 12.8. The van der Waals surface area contributed by atoms with Crippen LogP contribution < -0.4 is 32.3 Å². The van der Waals surface area contributed by atoms with Gasteiger partial charge in [-0.1, -0.05) is 22.6 Å². The lowest BCUT2D eigenvalue weighted by Gasteiger charge is -2.36. The van der Waals surface area contributed by atoms with E-state index in [-0.39, 0.29) is 53.9 Å². The molecule has 0 bridgehead atoms. The highest BCUT2D eigenvalue weighted by Crippen LogP contribution is 2.38. The Hall–Kier alpha value is -6.57. The molecule has 7 atom stereocenters. The third-order valence-electron chi connectivity index (χ3n) is 17.4. The largest absolute Gasteiger partial charge is 0.480 e. The summed E-state index contributed by atoms with van der Waals surface area (Å²) >= 11 is 2.15. The van der Waals surface area contributed by atoms with Gasteiger partial charge >= 0.3 is 54.2 Å². The number of carboxylic acids is 1. The molecule has 0 aromatic rings. The second kappa shape index (κ2) is 40.9. The number of nitrogens with one attached hydrogen (secondary N) is 5. The summed E-state index contributed by atoms with van der Waals surface area (Å²) in [4.78, 5) is 136. The molecule has 9 rings (SSSR count). The fraction of sp³-hybridized carbons (Fsp3) is 0.824. The van der Waals surface area contributed by atoms with Crippen molar-refractivity contribution in [3.05, 3.63) is 0 Å². The number of hydrogen-bond donors (Lipinski definition) is 7. The van der Waals surface area contributed by atoms with Crippen LogP contribution in [0.25, 0.3) is 0 Å². The van der Waals surface area contributed by atoms with Crippen LogP contribution in [-0.4, -0.2) is 252 Å². The first-order chi connectivity index (χ1) is 46.7. The van der Waals surface area contributed by atoms with Crippen molar-refractivity contribution in [2.45, 2.75) is 261 Å². The molecule has 6 amide bonds. The van der Waals surface area contributed by atoms with Gasteiger partial charge in [0.1, 0.15) is 51.6 Å². The highest BCUT2D eigenvalue weighted by molar-refractivity contribution is 14.1. The summed E-state index contributed by atoms with van der Waals surface area (Å²) in [5, 5.41) is 32.1. The summed E-state index contributed by atoms with van der Waals surface area (Å²) < 4.78 is 40.0. The number of carbonyl (C=O) groups is 11. The molecule has 9 aliphatic heterocycles. The molecule has 572 valence electrons. The van der Waals surface area contributed by atoms with E-state index in [0.29, 0.717) is 77.8 Å². The van der Waals surface area contributed by atoms with Crippen LogP contribution in [0, 0.1) is 11.3 Å². The van der Waals surface area contributed by atoms with Gasteiger partial charge in [0.2, 0.25) is 11.8 Å². The minimum Gasteiger partial charge on any atom is -0.480 e. The number of hydrogen-bond acceptors (Lipinski definition) is 24. The number of methoxy groups -OCH3 is 4. The summed E-state index contributed by atoms with van der Waals surface area (Å²) in [5.74, 6) is -2.01. The first-order valence-corrected chi connectivity index (χ1v) is 36.7. The first kappa shape index (κ1) is 89.5. The maximum atomic E-state index is 12.2. The Morgan fingerprint density at radius 1 is 0.520 bits per heavy atom. The standard InChI is InChI=1S/C13H24N2O4.C13H20N2O4.C12H20N2O3.C11H19NO4.C7H12N2O.C6H11NO2.C5H9NO2.CH3I/c2*1-12(2,3)19-11(17)15-9-5-6-13(15,7-8-14)10(16)18-4;1-11(2,3)17-10(16)14-8-4-5-12(14)6-7-13-9(12)15;1-11(2,3)16-10(14)12-7-5-6-8(12)9(13)15-4;10-6-7(3-5-8-6)2-1-4-9-7;1-9-6(8)5-3-2-4-7-5;7-5(8)4-2-1-3-6-4;1-2/h5-9,14H2,1-4H3;5-7,9H2,1-4H3;4-8H2,1-3H3,(H,13,15);8H,5-7H2,1-4H3;9H,1-5H2,(H,8,10);5,7H,2-4H2,1H3;4,6H,1-3H2,(H,7,8);1H3/t;;;8-;;5-;4-;/m...0.00./s1. The zero-order valence-electron chi connectivity index (χ0n) is 62.4. The van der Waals surface area contributed by atoms with Crippen molar-refractivity contribution in [3.63, 3.8) is 0 Å². The molecule has 0 saturated carbocycles. The highest BCUT2D eigenvalue weighted by atomic mass is 127. The Morgan fingerprint density at radius 3 is 1.37 bits per heavy atom. The quantitative estimate of drug-likeness (QED) is 0.0600. The van der Waals surface area contributed by atoms with E-state index in [1.807, 2.05) is 31.8 Å². The molecular weight excluding hydrogens is 1420 g/mol. The van der Waals surface area contributed by atoms with Gasteiger partial charge in [0.25, 0.3) is 0 Å². The molecule has 8 N–H and O–H groups in total. The van der Waals surface area contributed by atoms with Crippen molar-refractivity contribution >= 4 is 88.6 Å². The second-order valence-corrected chi connectivity index (χ2v) is 29.3. The Kier molecular flexibility index (Phi) is 36.6. The average Bonchev–Trinajstić information content (AvgIpc) is 1.61. The predicted octanol–water partition coefficient (Wildman–Crippen LogP) is 6.37. The zero-order chi connectivity index (χ0) is 76.1. The molecule has 9 heterocycles. The molecule has 100 heavy (non-hydrogen) atoms. The Labute approximate surface area is 604 Å². The Bertz CT molecular complexity index is 2740. The lowest BCUT2D eigenvalue weighted by Crippen LogP contribution is -2.55. The third-order valence-corrected chi connectivity index (χ3v) is 17.4. The van der Waals surface area contributed by atoms with Gasteiger partial charge in [0.05, 0.1) is 46.5 Å². The van der Waals surface area contributed by atoms with Gasteiger partial charge in [-0.15, -0.1) is 0 Å². The second-order valence-electron chi connectivity index (χ2n) is 29.3. The minimum absolute atomic E-state index is 0.0270. The van der Waals surface area contributed by atoms with Crippen LogP contribution >= 0.6 is 22.6 Å². The van der Waals surface area contributed by atoms with Crippen LogP contribution in [0.4, 0.5) is 19.2 Å². The first-order valence-electron chi connectivity index (χ1n) is 34.5. The van der Waals surface area contributed by atoms with E-state index in [4.69, 9.17) is 44.5 Å². The number of likely N-dealkylation sites (tertiary alicyclic amines) is 4. The van der Waals surface area contributed by atoms with Crippen molar-refractivity contribution in [2.24, 2.45) is 5.73 Å². The summed E-state index contributed by atoms with van der Waals surface area (Å²) in [6.45, 7) is 28.2. The number of nitrogens with zero attached hydrogens (tertiary/aromatic N) is 5. The molecule has 0 aliphatic carbocycles. The van der Waals surface area contributed by atoms with Crippen LogP contribution in [0.1, 0.15) is 199 Å². The van der Waals surface area contributed by atoms with Crippen molar-refractivity contribution in [2.75, 3.05) is 98.8 Å². The van der Waals surface area contributed by atoms with E-state index in [9.17, 15) is 52.7 Å². The van der Waals surface area contributed by atoms with E-state index in [1.165, 1.54) is 43.1 Å². The molecule has 9 fully saturated rings. The average molecular weight is 1540 g/mol. The number of carboxylic acid groups (broad SMARTS) is 1. The Morgan fingerprint density at radius 2 is 0.970 bits per heavy atom. The number of nitriles is 1. The molecular formula is C68H118IN11O20. The summed E-state index contributed by atoms with van der Waals surface area (Å²) in [6, 6.07) is 1.18. The summed E-state index contributed by atoms with van der Waals surface area (Å²) in [7, 11) is 5.33. The number of nitrogens with two attached hydrogens (primary N) is 1. The SMILES string of the molecule is CC(C)(C)OC(=O)N1CCCC12CCNC2=O.CI.COC(=O)C1(CC#N)CCCN1C(=O)OC(C)(C)C.COC(=O)C1(CCN)CCCN1C(=O)OC(C)(C)C.COC(=O)[C@@H]1CCCN1.COC(=O)[C@@H]1CCCN1C(=O)OC(C)(C)C.O=C(O)[C@@H]1CCCN1.O=C1NCCC12CCCN2. The van der Waals surface area contributed by atoms with E-state index in [2.05, 4.69) is 58.6 Å². The van der Waals surface area contributed by atoms with Crippen LogP contribution in [0.15, 0.2) is 0 Å². The topological polar surface area (TPSA) is 405 Å². The predicted molar refractivity (Wildman–Crippen MR) is 377 cm³/mol. The molecule has 32 heteroatoms. The third kappa shape index (κ3) is 26.7. The molecule has 4 unspecified atom stereocenters. The number of esters is 4. The number of alkyl halides is 1. The summed E-state index contributed by atoms with van der Waals surface area (Å²) in [6.07, 6.45) is 11.5. The van der Waals surface area contributed by atoms with Crippen molar-refractivity contribution in [1.82, 2.24) is 46.2 Å². The van der Waals surface area contributed by atoms with Gasteiger partial charge in [-0.2, -0.15) is 5.26 Å². The number of amides is 6. The molecule has 9 aliphatic rings. The van der Waals surface area contributed by atoms with E-state index < -0.39 is 81.3 Å². The van der Waals surface area contributed by atoms with E-state index in [1.54, 1.807) is 67.2 Å². The normalized spacial score (nSPS) is 25.5. The maximum Gasteiger partial charge on any atom is 0.411 e. The van der Waals surface area contributed by atoms with Gasteiger partial charge < -0.3 is 75.3 Å². The van der Waals surface area contributed by atoms with Gasteiger partial charge in [-0.25, -0.2) is 33.6 Å². The molecule has 31 nitrogen and oxygen atoms in total. The van der Waals surface area contributed by atoms with Crippen molar-refractivity contribution < 1.29 is 95.7 Å². The van der Waals surface area contributed by atoms with E-state index >= 15 is 0 Å². The lowest BCUT2D eigenvalue weighted by molar-refractivity contribution is -0.153. The molecule has 9 saturated heterocycles. The van der Waals surface area contributed by atoms with E-state index in [0.717, 1.165) is 96.8 Å². The van der Waals surface area contributed by atoms with Gasteiger partial charge in [0, 0.05) is 39.3 Å². The fourth-order valence-electron chi connectivity index (χ4n) is 12.8. The number of rotatable bonds is 8. The minimum atomic E-state index is -1.20. The van der Waals surface area contributed by atoms with Crippen LogP contribution in [0.3, 0.4) is 0 Å². The summed E-state index contributed by atoms with van der Waals surface area (Å²) in [5.41, 5.74) is 0.334. The van der Waals surface area contributed by atoms with Crippen molar-refractivity contribution in [1.29, 1.82) is 5.26 Å². The van der Waals surface area contributed by atoms with Crippen LogP contribution in [0.5, 0.6) is 0 Å². The zero-order valence-corrected chi connectivity index (χ0v) is 64.6. The monoisotopic (exact) mass is 1540 g/mol. The Balaban J connectivity index is 0.000000402. The number of halogens is 1. The maximum absolute atomic E-state index is 12.2. The number of aliphatic carboxylic acids is 1. The van der Waals surface area contributed by atoms with Gasteiger partial charge in [-0.05, 0) is 223 Å². The highest BCUT2D eigenvalue weighted by Gasteiger charge is 2.55. The molecule has 0 radical (unpaired) electrons. The van der Waals surface area contributed by atoms with Gasteiger partial charge in [-0.3, -0.25) is 38.8 Å². The lowest BCUT2D eigenvalue weighted by atomic mass is 9.92. The van der Waals surface area contributed by atoms with Gasteiger partial charge in [0.15, 0.2) is 5.54 Å². The molecule has 0 aromatic heterocycles. The number of carbonyl (C=O) groups excluding carboxylic acids is 10. The molecule has 2 spiro atoms.